The van der Waals surface area contributed by atoms with E-state index in [1.165, 1.54) is 24.3 Å². The van der Waals surface area contributed by atoms with E-state index >= 15 is 0 Å². The third-order valence-corrected chi connectivity index (χ3v) is 6.99. The predicted octanol–water partition coefficient (Wildman–Crippen LogP) is 4.56. The van der Waals surface area contributed by atoms with Gasteiger partial charge in [-0.3, -0.25) is 9.80 Å². The highest BCUT2D eigenvalue weighted by molar-refractivity contribution is 7.99. The van der Waals surface area contributed by atoms with Gasteiger partial charge in [0, 0.05) is 44.0 Å². The number of nitrogens with zero attached hydrogens (tertiary/aromatic N) is 2. The number of hydrogen-bond donors (Lipinski definition) is 1. The zero-order valence-electron chi connectivity index (χ0n) is 18.0. The molecule has 0 aliphatic carbocycles. The van der Waals surface area contributed by atoms with Gasteiger partial charge in [0.05, 0.1) is 11.4 Å². The number of halogens is 2. The molecule has 2 aromatic carbocycles. The molecule has 164 valence electrons. The van der Waals surface area contributed by atoms with Gasteiger partial charge in [0.1, 0.15) is 11.6 Å². The quantitative estimate of drug-likeness (QED) is 0.659. The second-order valence-corrected chi connectivity index (χ2v) is 9.57. The normalized spacial score (nSPS) is 21.8. The van der Waals surface area contributed by atoms with Gasteiger partial charge in [-0.25, -0.2) is 8.78 Å². The molecule has 0 unspecified atom stereocenters. The van der Waals surface area contributed by atoms with Crippen LogP contribution in [0.2, 0.25) is 0 Å². The fraction of sp³-hybridized carbons (Fsp3) is 0.500. The molecule has 6 heteroatoms. The summed E-state index contributed by atoms with van der Waals surface area (Å²) in [5.74, 6) is 0.425. The van der Waals surface area contributed by atoms with Gasteiger partial charge in [0.15, 0.2) is 0 Å². The lowest BCUT2D eigenvalue weighted by molar-refractivity contribution is 0.0115. The molecule has 3 rings (SSSR count). The number of benzene rings is 2. The van der Waals surface area contributed by atoms with E-state index in [9.17, 15) is 13.9 Å². The average Bonchev–Trinajstić information content (AvgIpc) is 2.70. The van der Waals surface area contributed by atoms with E-state index in [1.54, 1.807) is 11.8 Å². The number of rotatable bonds is 8. The molecule has 30 heavy (non-hydrogen) atoms. The van der Waals surface area contributed by atoms with Crippen molar-refractivity contribution >= 4 is 11.8 Å². The Kier molecular flexibility index (Phi) is 8.28. The van der Waals surface area contributed by atoms with Gasteiger partial charge in [-0.05, 0) is 56.2 Å². The Morgan fingerprint density at radius 1 is 0.933 bits per heavy atom. The lowest BCUT2D eigenvalue weighted by Crippen LogP contribution is -2.58. The second kappa shape index (κ2) is 10.7. The number of aliphatic hydroxyl groups excluding tert-OH is 1. The molecule has 3 nitrogen and oxygen atoms in total. The molecular formula is C24H32F2N2OS. The molecule has 0 radical (unpaired) electrons. The standard InChI is InChI=1S/C24H32F2N2OS/c1-17-14-27(15-18(2)28(17)16-19(3)29)12-13-30-24(20-4-8-22(25)9-5-20)21-6-10-23(26)11-7-21/h4-11,17-19,24,29H,12-16H2,1-3H3/t17-,18+,19-/m0/s1. The molecule has 0 bridgehead atoms. The first kappa shape index (κ1) is 23.2. The average molecular weight is 435 g/mol. The van der Waals surface area contributed by atoms with Gasteiger partial charge >= 0.3 is 0 Å². The van der Waals surface area contributed by atoms with Crippen LogP contribution in [0.4, 0.5) is 8.78 Å². The smallest absolute Gasteiger partial charge is 0.123 e. The molecule has 3 atom stereocenters. The minimum Gasteiger partial charge on any atom is -0.392 e. The molecule has 0 spiro atoms. The SMILES string of the molecule is C[C@H](O)CN1[C@H](C)CN(CCSC(c2ccc(F)cc2)c2ccc(F)cc2)C[C@@H]1C. The van der Waals surface area contributed by atoms with Gasteiger partial charge in [-0.15, -0.1) is 11.8 Å². The van der Waals surface area contributed by atoms with E-state index in [1.807, 2.05) is 31.2 Å². The van der Waals surface area contributed by atoms with Crippen LogP contribution in [-0.2, 0) is 0 Å². The molecule has 2 aromatic rings. The first-order chi connectivity index (χ1) is 14.3. The van der Waals surface area contributed by atoms with Crippen LogP contribution in [0.25, 0.3) is 0 Å². The van der Waals surface area contributed by atoms with Gasteiger partial charge in [-0.2, -0.15) is 0 Å². The Hall–Kier alpha value is -1.47. The molecule has 1 aliphatic heterocycles. The van der Waals surface area contributed by atoms with E-state index in [-0.39, 0.29) is 23.0 Å². The van der Waals surface area contributed by atoms with E-state index in [0.717, 1.165) is 36.5 Å². The third-order valence-electron chi connectivity index (χ3n) is 5.69. The highest BCUT2D eigenvalue weighted by atomic mass is 32.2. The van der Waals surface area contributed by atoms with Gasteiger partial charge in [-0.1, -0.05) is 24.3 Å². The number of hydrogen-bond acceptors (Lipinski definition) is 4. The fourth-order valence-electron chi connectivity index (χ4n) is 4.27. The summed E-state index contributed by atoms with van der Waals surface area (Å²) < 4.78 is 26.8. The molecule has 1 N–H and O–H groups in total. The van der Waals surface area contributed by atoms with Crippen LogP contribution >= 0.6 is 11.8 Å². The molecule has 1 saturated heterocycles. The van der Waals surface area contributed by atoms with Crippen LogP contribution in [0.3, 0.4) is 0 Å². The first-order valence-electron chi connectivity index (χ1n) is 10.6. The van der Waals surface area contributed by atoms with Crippen molar-refractivity contribution in [3.63, 3.8) is 0 Å². The number of thioether (sulfide) groups is 1. The zero-order chi connectivity index (χ0) is 21.7. The summed E-state index contributed by atoms with van der Waals surface area (Å²) in [7, 11) is 0. The van der Waals surface area contributed by atoms with E-state index < -0.39 is 0 Å². The molecule has 1 aliphatic rings. The van der Waals surface area contributed by atoms with Crippen LogP contribution in [0, 0.1) is 11.6 Å². The molecule has 0 amide bonds. The maximum atomic E-state index is 13.4. The number of β-amino-alcohol motifs (C(OH)–C–C–N with tert-alkyl or cyclic N) is 1. The van der Waals surface area contributed by atoms with Crippen LogP contribution in [0.1, 0.15) is 37.1 Å². The maximum Gasteiger partial charge on any atom is 0.123 e. The van der Waals surface area contributed by atoms with Gasteiger partial charge in [0.2, 0.25) is 0 Å². The zero-order valence-corrected chi connectivity index (χ0v) is 18.8. The van der Waals surface area contributed by atoms with Crippen molar-refractivity contribution in [3.05, 3.63) is 71.3 Å². The van der Waals surface area contributed by atoms with E-state index in [0.29, 0.717) is 18.6 Å². The van der Waals surface area contributed by atoms with Crippen molar-refractivity contribution in [2.45, 2.75) is 44.2 Å². The monoisotopic (exact) mass is 434 g/mol. The Morgan fingerprint density at radius 3 is 1.83 bits per heavy atom. The largest absolute Gasteiger partial charge is 0.392 e. The fourth-order valence-corrected chi connectivity index (χ4v) is 5.57. The summed E-state index contributed by atoms with van der Waals surface area (Å²) >= 11 is 1.81. The summed E-state index contributed by atoms with van der Waals surface area (Å²) in [5, 5.41) is 9.79. The minimum absolute atomic E-state index is 0.0394. The highest BCUT2D eigenvalue weighted by Gasteiger charge is 2.29. The second-order valence-electron chi connectivity index (χ2n) is 8.36. The van der Waals surface area contributed by atoms with Crippen LogP contribution < -0.4 is 0 Å². The van der Waals surface area contributed by atoms with E-state index in [2.05, 4.69) is 23.6 Å². The van der Waals surface area contributed by atoms with Crippen molar-refractivity contribution in [2.75, 3.05) is 31.9 Å². The molecule has 1 heterocycles. The lowest BCUT2D eigenvalue weighted by atomic mass is 10.0. The van der Waals surface area contributed by atoms with E-state index in [4.69, 9.17) is 0 Å². The summed E-state index contributed by atoms with van der Waals surface area (Å²) in [6.07, 6.45) is -0.316. The Balaban J connectivity index is 1.62. The van der Waals surface area contributed by atoms with Crippen molar-refractivity contribution in [2.24, 2.45) is 0 Å². The minimum atomic E-state index is -0.316. The Bertz CT molecular complexity index is 727. The van der Waals surface area contributed by atoms with Crippen LogP contribution in [-0.4, -0.2) is 65.0 Å². The predicted molar refractivity (Wildman–Crippen MR) is 121 cm³/mol. The highest BCUT2D eigenvalue weighted by Crippen LogP contribution is 2.36. The molecule has 1 fully saturated rings. The van der Waals surface area contributed by atoms with Crippen LogP contribution in [0.5, 0.6) is 0 Å². The summed E-state index contributed by atoms with van der Waals surface area (Å²) in [6.45, 7) is 9.91. The lowest BCUT2D eigenvalue weighted by Gasteiger charge is -2.45. The van der Waals surface area contributed by atoms with Crippen molar-refractivity contribution < 1.29 is 13.9 Å². The molecular weight excluding hydrogens is 402 g/mol. The topological polar surface area (TPSA) is 26.7 Å². The Morgan fingerprint density at radius 2 is 1.40 bits per heavy atom. The Labute approximate surface area is 183 Å². The third kappa shape index (κ3) is 6.27. The van der Waals surface area contributed by atoms with Crippen molar-refractivity contribution in [1.29, 1.82) is 0 Å². The summed E-state index contributed by atoms with van der Waals surface area (Å²) in [5.41, 5.74) is 2.05. The van der Waals surface area contributed by atoms with Gasteiger partial charge < -0.3 is 5.11 Å². The summed E-state index contributed by atoms with van der Waals surface area (Å²) in [4.78, 5) is 4.86. The van der Waals surface area contributed by atoms with Crippen molar-refractivity contribution in [3.8, 4) is 0 Å². The maximum absolute atomic E-state index is 13.4. The molecule has 0 saturated carbocycles. The van der Waals surface area contributed by atoms with Gasteiger partial charge in [0.25, 0.3) is 0 Å². The molecule has 0 aromatic heterocycles. The first-order valence-corrected chi connectivity index (χ1v) is 11.7. The number of aliphatic hydroxyl groups is 1. The van der Waals surface area contributed by atoms with Crippen molar-refractivity contribution in [1.82, 2.24) is 9.80 Å². The summed E-state index contributed by atoms with van der Waals surface area (Å²) in [6, 6.07) is 14.0. The van der Waals surface area contributed by atoms with Crippen LogP contribution in [0.15, 0.2) is 48.5 Å². The number of piperazine rings is 1.